The molecule has 0 radical (unpaired) electrons. The van der Waals surface area contributed by atoms with E-state index < -0.39 is 17.8 Å². The highest BCUT2D eigenvalue weighted by molar-refractivity contribution is 9.13. The molecule has 11 heteroatoms. The Morgan fingerprint density at radius 3 is 2.51 bits per heavy atom. The first-order chi connectivity index (χ1) is 16.7. The number of hydrogen-bond donors (Lipinski definition) is 1. The monoisotopic (exact) mass is 608 g/mol. The van der Waals surface area contributed by atoms with Crippen molar-refractivity contribution in [2.45, 2.75) is 20.8 Å². The number of benzene rings is 2. The lowest BCUT2D eigenvalue weighted by Crippen LogP contribution is -2.21. The van der Waals surface area contributed by atoms with Gasteiger partial charge in [-0.25, -0.2) is 9.59 Å². The summed E-state index contributed by atoms with van der Waals surface area (Å²) >= 11 is 6.99. The second kappa shape index (κ2) is 11.5. The number of hydrazone groups is 1. The van der Waals surface area contributed by atoms with Gasteiger partial charge in [0.25, 0.3) is 5.91 Å². The molecule has 0 atom stereocenters. The highest BCUT2D eigenvalue weighted by Crippen LogP contribution is 2.44. The standard InChI is InChI=1S/C24H22Br2N2O7/c1-4-33-18-11-15(20(25)21(26)22(18)35-12-19(29)34-5-2)10-17-13(3)27-28(23(17)30)16-8-6-7-14(9-16)24(31)32/h6-11H,4-5,12H2,1-3H3,(H,31,32). The van der Waals surface area contributed by atoms with E-state index in [1.54, 1.807) is 38.1 Å². The van der Waals surface area contributed by atoms with Gasteiger partial charge in [0.2, 0.25) is 0 Å². The summed E-state index contributed by atoms with van der Waals surface area (Å²) in [6.07, 6.45) is 1.65. The number of ether oxygens (including phenoxy) is 3. The van der Waals surface area contributed by atoms with Crippen LogP contribution in [0.25, 0.3) is 6.08 Å². The maximum atomic E-state index is 13.2. The zero-order chi connectivity index (χ0) is 25.7. The normalized spacial score (nSPS) is 14.2. The molecule has 0 saturated carbocycles. The molecule has 35 heavy (non-hydrogen) atoms. The van der Waals surface area contributed by atoms with Crippen LogP contribution >= 0.6 is 31.9 Å². The molecule has 0 aliphatic carbocycles. The van der Waals surface area contributed by atoms with Crippen molar-refractivity contribution in [1.82, 2.24) is 0 Å². The average Bonchev–Trinajstić information content (AvgIpc) is 3.10. The topological polar surface area (TPSA) is 115 Å². The number of carbonyl (C=O) groups is 3. The van der Waals surface area contributed by atoms with E-state index in [0.29, 0.717) is 49.6 Å². The molecule has 1 aliphatic rings. The number of aromatic carboxylic acids is 1. The lowest BCUT2D eigenvalue weighted by Gasteiger charge is -2.16. The van der Waals surface area contributed by atoms with Crippen LogP contribution in [0.5, 0.6) is 11.5 Å². The molecule has 9 nitrogen and oxygen atoms in total. The molecule has 0 saturated heterocycles. The lowest BCUT2D eigenvalue weighted by atomic mass is 10.1. The molecule has 0 unspecified atom stereocenters. The van der Waals surface area contributed by atoms with E-state index in [1.165, 1.54) is 12.1 Å². The quantitative estimate of drug-likeness (QED) is 0.312. The van der Waals surface area contributed by atoms with Gasteiger partial charge in [-0.1, -0.05) is 6.07 Å². The number of carbonyl (C=O) groups excluding carboxylic acids is 2. The van der Waals surface area contributed by atoms with Gasteiger partial charge in [0.05, 0.1) is 40.2 Å². The summed E-state index contributed by atoms with van der Waals surface area (Å²) in [5.74, 6) is -1.35. The van der Waals surface area contributed by atoms with Crippen molar-refractivity contribution < 1.29 is 33.7 Å². The van der Waals surface area contributed by atoms with Crippen LogP contribution in [0, 0.1) is 0 Å². The number of carboxylic acids is 1. The van der Waals surface area contributed by atoms with Crippen LogP contribution in [0.1, 0.15) is 36.7 Å². The number of nitrogens with zero attached hydrogens (tertiary/aromatic N) is 2. The Labute approximate surface area is 218 Å². The average molecular weight is 610 g/mol. The van der Waals surface area contributed by atoms with E-state index in [-0.39, 0.29) is 18.8 Å². The zero-order valence-electron chi connectivity index (χ0n) is 19.1. The lowest BCUT2D eigenvalue weighted by molar-refractivity contribution is -0.145. The molecule has 2 aromatic carbocycles. The van der Waals surface area contributed by atoms with Crippen LogP contribution in [0.3, 0.4) is 0 Å². The third kappa shape index (κ3) is 5.91. The third-order valence-electron chi connectivity index (χ3n) is 4.80. The molecule has 184 valence electrons. The highest BCUT2D eigenvalue weighted by atomic mass is 79.9. The number of carboxylic acid groups (broad SMARTS) is 1. The third-order valence-corrected chi connectivity index (χ3v) is 6.94. The van der Waals surface area contributed by atoms with Gasteiger partial charge in [-0.3, -0.25) is 4.79 Å². The maximum absolute atomic E-state index is 13.2. The van der Waals surface area contributed by atoms with Gasteiger partial charge in [-0.05, 0) is 88.5 Å². The number of halogens is 2. The second-order valence-corrected chi connectivity index (χ2v) is 8.75. The van der Waals surface area contributed by atoms with E-state index in [4.69, 9.17) is 14.2 Å². The van der Waals surface area contributed by atoms with E-state index in [9.17, 15) is 19.5 Å². The first-order valence-electron chi connectivity index (χ1n) is 10.6. The van der Waals surface area contributed by atoms with Gasteiger partial charge in [0.15, 0.2) is 18.1 Å². The molecule has 2 aromatic rings. The van der Waals surface area contributed by atoms with Crippen LogP contribution < -0.4 is 14.5 Å². The van der Waals surface area contributed by atoms with Crippen molar-refractivity contribution in [3.63, 3.8) is 0 Å². The van der Waals surface area contributed by atoms with Crippen molar-refractivity contribution in [3.8, 4) is 11.5 Å². The molecule has 0 aromatic heterocycles. The van der Waals surface area contributed by atoms with Crippen LogP contribution in [0.15, 0.2) is 50.0 Å². The van der Waals surface area contributed by atoms with Gasteiger partial charge in [-0.15, -0.1) is 0 Å². The van der Waals surface area contributed by atoms with Crippen molar-refractivity contribution >= 4 is 67.2 Å². The van der Waals surface area contributed by atoms with Gasteiger partial charge in [-0.2, -0.15) is 10.1 Å². The van der Waals surface area contributed by atoms with Crippen LogP contribution in [0.4, 0.5) is 5.69 Å². The number of amides is 1. The zero-order valence-corrected chi connectivity index (χ0v) is 22.3. The number of rotatable bonds is 9. The summed E-state index contributed by atoms with van der Waals surface area (Å²) in [5, 5.41) is 14.7. The van der Waals surface area contributed by atoms with Crippen LogP contribution in [-0.2, 0) is 14.3 Å². The second-order valence-electron chi connectivity index (χ2n) is 7.16. The van der Waals surface area contributed by atoms with E-state index in [0.717, 1.165) is 5.01 Å². The predicted molar refractivity (Wildman–Crippen MR) is 137 cm³/mol. The minimum absolute atomic E-state index is 0.0482. The summed E-state index contributed by atoms with van der Waals surface area (Å²) < 4.78 is 17.3. The summed E-state index contributed by atoms with van der Waals surface area (Å²) in [6, 6.07) is 7.67. The van der Waals surface area contributed by atoms with Crippen molar-refractivity contribution in [2.75, 3.05) is 24.8 Å². The fraction of sp³-hybridized carbons (Fsp3) is 0.250. The first kappa shape index (κ1) is 26.4. The maximum Gasteiger partial charge on any atom is 0.344 e. The Balaban J connectivity index is 1.97. The minimum Gasteiger partial charge on any atom is -0.490 e. The molecule has 1 heterocycles. The van der Waals surface area contributed by atoms with E-state index in [1.807, 2.05) is 6.92 Å². The Bertz CT molecular complexity index is 1240. The predicted octanol–water partition coefficient (Wildman–Crippen LogP) is 5.06. The van der Waals surface area contributed by atoms with Gasteiger partial charge < -0.3 is 19.3 Å². The molecule has 1 amide bonds. The van der Waals surface area contributed by atoms with E-state index in [2.05, 4.69) is 37.0 Å². The number of anilines is 1. The molecule has 3 rings (SSSR count). The fourth-order valence-electron chi connectivity index (χ4n) is 3.23. The molecule has 0 bridgehead atoms. The molecule has 0 spiro atoms. The Kier molecular flexibility index (Phi) is 8.68. The molecular weight excluding hydrogens is 588 g/mol. The Morgan fingerprint density at radius 2 is 1.86 bits per heavy atom. The van der Waals surface area contributed by atoms with Crippen molar-refractivity contribution in [3.05, 3.63) is 56.0 Å². The molecule has 1 N–H and O–H groups in total. The first-order valence-corrected chi connectivity index (χ1v) is 12.1. The Morgan fingerprint density at radius 1 is 1.11 bits per heavy atom. The van der Waals surface area contributed by atoms with Gasteiger partial charge in [0, 0.05) is 4.47 Å². The SMILES string of the molecule is CCOC(=O)COc1c(OCC)cc(C=C2C(=O)N(c3cccc(C(=O)O)c3)N=C2C)c(Br)c1Br. The van der Waals surface area contributed by atoms with Crippen LogP contribution in [-0.4, -0.2) is 48.5 Å². The molecular formula is C24H22Br2N2O7. The Hall–Kier alpha value is -3.18. The summed E-state index contributed by atoms with van der Waals surface area (Å²) in [4.78, 5) is 36.2. The smallest absolute Gasteiger partial charge is 0.344 e. The van der Waals surface area contributed by atoms with E-state index >= 15 is 0 Å². The summed E-state index contributed by atoms with van der Waals surface area (Å²) in [7, 11) is 0. The number of esters is 1. The van der Waals surface area contributed by atoms with Gasteiger partial charge in [0.1, 0.15) is 0 Å². The summed E-state index contributed by atoms with van der Waals surface area (Å²) in [5.41, 5.74) is 1.77. The summed E-state index contributed by atoms with van der Waals surface area (Å²) in [6.45, 7) is 5.49. The largest absolute Gasteiger partial charge is 0.490 e. The minimum atomic E-state index is -1.10. The number of hydrogen-bond acceptors (Lipinski definition) is 7. The van der Waals surface area contributed by atoms with Gasteiger partial charge >= 0.3 is 11.9 Å². The molecule has 0 fully saturated rings. The highest BCUT2D eigenvalue weighted by Gasteiger charge is 2.30. The van der Waals surface area contributed by atoms with Crippen molar-refractivity contribution in [1.29, 1.82) is 0 Å². The van der Waals surface area contributed by atoms with Crippen molar-refractivity contribution in [2.24, 2.45) is 5.10 Å². The molecule has 1 aliphatic heterocycles. The fourth-order valence-corrected chi connectivity index (χ4v) is 4.17. The van der Waals surface area contributed by atoms with Crippen LogP contribution in [0.2, 0.25) is 0 Å².